The van der Waals surface area contributed by atoms with E-state index in [9.17, 15) is 44.3 Å². The summed E-state index contributed by atoms with van der Waals surface area (Å²) in [7, 11) is 2.95. The second-order valence-electron chi connectivity index (χ2n) is 11.6. The van der Waals surface area contributed by atoms with Crippen LogP contribution in [0.1, 0.15) is 60.4 Å². The standard InChI is InChI=1S/C30H34F9N7O/c1-4-45(15-18-5-7-20(8-6-18)26(47)40-2)25-10-9-22(28(31,32)33)13-21(25)17-46(27-41-43-44(3)42-27)16-19-11-23(29(34,35)36)14-24(12-19)30(37,38)39/h9-14,18,20H,4-8,15-17H2,1-3H3,(H,40,47). The fourth-order valence-electron chi connectivity index (χ4n) is 5.85. The molecule has 4 rings (SSSR count). The van der Waals surface area contributed by atoms with Crippen molar-refractivity contribution < 1.29 is 44.3 Å². The lowest BCUT2D eigenvalue weighted by atomic mass is 9.81. The number of carbonyl (C=O) groups excluding carboxylic acids is 1. The number of amides is 1. The highest BCUT2D eigenvalue weighted by atomic mass is 19.4. The molecule has 17 heteroatoms. The van der Waals surface area contributed by atoms with E-state index < -0.39 is 53.9 Å². The molecule has 2 aromatic carbocycles. The normalized spacial score (nSPS) is 17.4. The van der Waals surface area contributed by atoms with Gasteiger partial charge < -0.3 is 15.1 Å². The summed E-state index contributed by atoms with van der Waals surface area (Å²) < 4.78 is 123. The number of halogens is 9. The lowest BCUT2D eigenvalue weighted by molar-refractivity contribution is -0.143. The molecular formula is C30H34F9N7O. The summed E-state index contributed by atoms with van der Waals surface area (Å²) in [6.45, 7) is 1.66. The van der Waals surface area contributed by atoms with E-state index in [2.05, 4.69) is 20.7 Å². The SMILES string of the molecule is CCN(CC1CCC(C(=O)NC)CC1)c1ccc(C(F)(F)F)cc1CN(Cc1cc(C(F)(F)F)cc(C(F)(F)F)c1)c1nnn(C)n1. The molecule has 3 aromatic rings. The predicted molar refractivity (Wildman–Crippen MR) is 154 cm³/mol. The molecular weight excluding hydrogens is 645 g/mol. The monoisotopic (exact) mass is 679 g/mol. The number of hydrogen-bond donors (Lipinski definition) is 1. The molecule has 0 atom stereocenters. The van der Waals surface area contributed by atoms with E-state index >= 15 is 0 Å². The van der Waals surface area contributed by atoms with E-state index in [0.29, 0.717) is 43.8 Å². The minimum Gasteiger partial charge on any atom is -0.371 e. The second kappa shape index (κ2) is 14.0. The first-order chi connectivity index (χ1) is 21.9. The predicted octanol–water partition coefficient (Wildman–Crippen LogP) is 6.85. The lowest BCUT2D eigenvalue weighted by Gasteiger charge is -2.34. The van der Waals surface area contributed by atoms with Gasteiger partial charge >= 0.3 is 18.5 Å². The van der Waals surface area contributed by atoms with Crippen molar-refractivity contribution in [1.82, 2.24) is 25.5 Å². The van der Waals surface area contributed by atoms with Crippen molar-refractivity contribution in [2.75, 3.05) is 29.9 Å². The van der Waals surface area contributed by atoms with Gasteiger partial charge in [0.25, 0.3) is 5.95 Å². The van der Waals surface area contributed by atoms with E-state index in [-0.39, 0.29) is 35.3 Å². The van der Waals surface area contributed by atoms with Crippen LogP contribution in [-0.2, 0) is 43.5 Å². The average molecular weight is 680 g/mol. The molecule has 258 valence electrons. The molecule has 0 radical (unpaired) electrons. The van der Waals surface area contributed by atoms with Crippen molar-refractivity contribution in [3.8, 4) is 0 Å². The highest BCUT2D eigenvalue weighted by Crippen LogP contribution is 2.38. The Bertz CT molecular complexity index is 1490. The Morgan fingerprint density at radius 2 is 1.45 bits per heavy atom. The van der Waals surface area contributed by atoms with Crippen molar-refractivity contribution >= 4 is 17.5 Å². The molecule has 1 aliphatic rings. The van der Waals surface area contributed by atoms with Crippen LogP contribution in [0.4, 0.5) is 51.1 Å². The van der Waals surface area contributed by atoms with Crippen LogP contribution in [0.25, 0.3) is 0 Å². The minimum absolute atomic E-state index is 0.000580. The van der Waals surface area contributed by atoms with E-state index in [1.54, 1.807) is 7.05 Å². The third-order valence-corrected chi connectivity index (χ3v) is 8.23. The smallest absolute Gasteiger partial charge is 0.371 e. The van der Waals surface area contributed by atoms with Crippen molar-refractivity contribution in [3.05, 3.63) is 64.2 Å². The number of benzene rings is 2. The molecule has 1 aromatic heterocycles. The zero-order chi connectivity index (χ0) is 34.7. The highest BCUT2D eigenvalue weighted by Gasteiger charge is 2.37. The molecule has 0 aliphatic heterocycles. The van der Waals surface area contributed by atoms with Gasteiger partial charge in [-0.25, -0.2) is 0 Å². The summed E-state index contributed by atoms with van der Waals surface area (Å²) in [5, 5.41) is 14.2. The van der Waals surface area contributed by atoms with Crippen LogP contribution in [0.5, 0.6) is 0 Å². The van der Waals surface area contributed by atoms with E-state index in [1.807, 2.05) is 11.8 Å². The van der Waals surface area contributed by atoms with Gasteiger partial charge in [0, 0.05) is 44.8 Å². The number of carbonyl (C=O) groups is 1. The van der Waals surface area contributed by atoms with Crippen LogP contribution in [0.3, 0.4) is 0 Å². The van der Waals surface area contributed by atoms with E-state index in [0.717, 1.165) is 29.8 Å². The van der Waals surface area contributed by atoms with Gasteiger partial charge in [-0.15, -0.1) is 5.10 Å². The van der Waals surface area contributed by atoms with Crippen molar-refractivity contribution in [3.63, 3.8) is 0 Å². The van der Waals surface area contributed by atoms with Crippen LogP contribution in [0.2, 0.25) is 0 Å². The van der Waals surface area contributed by atoms with Gasteiger partial charge in [0.15, 0.2) is 0 Å². The van der Waals surface area contributed by atoms with Crippen molar-refractivity contribution in [2.24, 2.45) is 18.9 Å². The Balaban J connectivity index is 1.73. The van der Waals surface area contributed by atoms with Crippen LogP contribution in [-0.4, -0.2) is 46.3 Å². The first-order valence-electron chi connectivity index (χ1n) is 14.8. The van der Waals surface area contributed by atoms with Crippen LogP contribution in [0.15, 0.2) is 36.4 Å². The molecule has 1 aliphatic carbocycles. The van der Waals surface area contributed by atoms with Crippen molar-refractivity contribution in [2.45, 2.75) is 64.2 Å². The topological polar surface area (TPSA) is 79.2 Å². The summed E-state index contributed by atoms with van der Waals surface area (Å²) in [4.78, 5) is 16.2. The highest BCUT2D eigenvalue weighted by molar-refractivity contribution is 5.78. The van der Waals surface area contributed by atoms with Gasteiger partial charge in [0.1, 0.15) is 0 Å². The number of hydrogen-bond acceptors (Lipinski definition) is 6. The number of anilines is 2. The molecule has 0 bridgehead atoms. The zero-order valence-corrected chi connectivity index (χ0v) is 25.8. The van der Waals surface area contributed by atoms with Gasteiger partial charge in [-0.2, -0.15) is 44.3 Å². The van der Waals surface area contributed by atoms with Gasteiger partial charge in [-0.1, -0.05) is 5.10 Å². The maximum Gasteiger partial charge on any atom is 0.416 e. The lowest BCUT2D eigenvalue weighted by Crippen LogP contribution is -2.36. The number of aromatic nitrogens is 4. The fraction of sp³-hybridized carbons (Fsp3) is 0.533. The third kappa shape index (κ3) is 9.06. The number of alkyl halides is 9. The van der Waals surface area contributed by atoms with Crippen LogP contribution >= 0.6 is 0 Å². The average Bonchev–Trinajstić information content (AvgIpc) is 3.44. The van der Waals surface area contributed by atoms with Gasteiger partial charge in [-0.3, -0.25) is 4.79 Å². The molecule has 0 unspecified atom stereocenters. The summed E-state index contributed by atoms with van der Waals surface area (Å²) >= 11 is 0. The number of tetrazole rings is 1. The maximum absolute atomic E-state index is 13.9. The molecule has 47 heavy (non-hydrogen) atoms. The Labute approximate surface area is 264 Å². The molecule has 1 fully saturated rings. The molecule has 0 spiro atoms. The fourth-order valence-corrected chi connectivity index (χ4v) is 5.85. The molecule has 0 saturated heterocycles. The number of rotatable bonds is 10. The number of aryl methyl sites for hydroxylation is 1. The molecule has 1 amide bonds. The van der Waals surface area contributed by atoms with Crippen LogP contribution < -0.4 is 15.1 Å². The molecule has 1 saturated carbocycles. The Morgan fingerprint density at radius 1 is 0.851 bits per heavy atom. The Morgan fingerprint density at radius 3 is 1.94 bits per heavy atom. The van der Waals surface area contributed by atoms with Gasteiger partial charge in [-0.05, 0) is 91.3 Å². The quantitative estimate of drug-likeness (QED) is 0.236. The summed E-state index contributed by atoms with van der Waals surface area (Å²) in [6, 6.07) is 4.26. The molecule has 8 nitrogen and oxygen atoms in total. The summed E-state index contributed by atoms with van der Waals surface area (Å²) in [5.41, 5.74) is -3.94. The first kappa shape index (κ1) is 35.8. The van der Waals surface area contributed by atoms with Crippen LogP contribution in [0, 0.1) is 11.8 Å². The summed E-state index contributed by atoms with van der Waals surface area (Å²) in [5.74, 6) is -0.233. The number of nitrogens with zero attached hydrogens (tertiary/aromatic N) is 6. The van der Waals surface area contributed by atoms with E-state index in [1.165, 1.54) is 18.0 Å². The summed E-state index contributed by atoms with van der Waals surface area (Å²) in [6.07, 6.45) is -12.2. The minimum atomic E-state index is -5.10. The third-order valence-electron chi connectivity index (χ3n) is 8.23. The van der Waals surface area contributed by atoms with E-state index in [4.69, 9.17) is 0 Å². The Kier molecular flexibility index (Phi) is 10.6. The largest absolute Gasteiger partial charge is 0.416 e. The van der Waals surface area contributed by atoms with Gasteiger partial charge in [0.2, 0.25) is 5.91 Å². The maximum atomic E-state index is 13.9. The Hall–Kier alpha value is -4.05. The van der Waals surface area contributed by atoms with Gasteiger partial charge in [0.05, 0.1) is 23.7 Å². The second-order valence-corrected chi connectivity index (χ2v) is 11.6. The molecule has 1 N–H and O–H groups in total. The first-order valence-corrected chi connectivity index (χ1v) is 14.8. The van der Waals surface area contributed by atoms with Crippen molar-refractivity contribution in [1.29, 1.82) is 0 Å². The number of nitrogens with one attached hydrogen (secondary N) is 1. The zero-order valence-electron chi connectivity index (χ0n) is 25.8. The molecule has 1 heterocycles.